The summed E-state index contributed by atoms with van der Waals surface area (Å²) in [7, 11) is 0. The third-order valence-corrected chi connectivity index (χ3v) is 3.93. The number of pyridine rings is 1. The van der Waals surface area contributed by atoms with Crippen LogP contribution in [0.15, 0.2) is 48.9 Å². The predicted octanol–water partition coefficient (Wildman–Crippen LogP) is 2.78. The van der Waals surface area contributed by atoms with E-state index >= 15 is 0 Å². The van der Waals surface area contributed by atoms with Crippen molar-refractivity contribution in [1.29, 1.82) is 0 Å². The van der Waals surface area contributed by atoms with Crippen molar-refractivity contribution in [2.75, 3.05) is 6.54 Å². The summed E-state index contributed by atoms with van der Waals surface area (Å²) in [4.78, 5) is 16.4. The minimum absolute atomic E-state index is 0.136. The lowest BCUT2D eigenvalue weighted by atomic mass is 10.1. The van der Waals surface area contributed by atoms with Gasteiger partial charge in [0.25, 0.3) is 0 Å². The van der Waals surface area contributed by atoms with Crippen molar-refractivity contribution >= 4 is 22.9 Å². The first-order chi connectivity index (χ1) is 12.1. The standard InChI is InChI=1S/C19H21N5O/c1-14(2)24-13-22-23-17(24)10-12-20-18(25)9-8-16-6-3-5-15-7-4-11-21-19(15)16/h3-9,11,13-14H,10,12H2,1-2H3,(H,20,25)/b9-8-. The number of carbonyl (C=O) groups is 1. The van der Waals surface area contributed by atoms with Crippen molar-refractivity contribution in [3.63, 3.8) is 0 Å². The largest absolute Gasteiger partial charge is 0.352 e. The van der Waals surface area contributed by atoms with E-state index in [0.29, 0.717) is 19.0 Å². The maximum atomic E-state index is 12.0. The second-order valence-electron chi connectivity index (χ2n) is 6.04. The highest BCUT2D eigenvalue weighted by molar-refractivity contribution is 5.95. The molecule has 0 aliphatic heterocycles. The van der Waals surface area contributed by atoms with E-state index in [2.05, 4.69) is 34.3 Å². The fourth-order valence-electron chi connectivity index (χ4n) is 2.66. The molecule has 0 radical (unpaired) electrons. The second kappa shape index (κ2) is 7.70. The van der Waals surface area contributed by atoms with Gasteiger partial charge in [-0.25, -0.2) is 0 Å². The van der Waals surface area contributed by atoms with Crippen LogP contribution < -0.4 is 5.32 Å². The highest BCUT2D eigenvalue weighted by Crippen LogP contribution is 2.16. The number of carbonyl (C=O) groups excluding carboxylic acids is 1. The van der Waals surface area contributed by atoms with Gasteiger partial charge >= 0.3 is 0 Å². The van der Waals surface area contributed by atoms with Crippen molar-refractivity contribution in [3.05, 3.63) is 60.3 Å². The summed E-state index contributed by atoms with van der Waals surface area (Å²) in [5.74, 6) is 0.737. The minimum Gasteiger partial charge on any atom is -0.352 e. The summed E-state index contributed by atoms with van der Waals surface area (Å²) in [6.45, 7) is 4.67. The monoisotopic (exact) mass is 335 g/mol. The molecule has 128 valence electrons. The van der Waals surface area contributed by atoms with Crippen LogP contribution in [0.5, 0.6) is 0 Å². The number of hydrogen-bond acceptors (Lipinski definition) is 4. The van der Waals surface area contributed by atoms with Gasteiger partial charge in [0.15, 0.2) is 0 Å². The number of nitrogens with one attached hydrogen (secondary N) is 1. The Labute approximate surface area is 146 Å². The Morgan fingerprint density at radius 3 is 2.96 bits per heavy atom. The molecule has 0 unspecified atom stereocenters. The zero-order chi connectivity index (χ0) is 17.6. The Balaban J connectivity index is 1.59. The first-order valence-electron chi connectivity index (χ1n) is 8.33. The van der Waals surface area contributed by atoms with Gasteiger partial charge in [-0.2, -0.15) is 0 Å². The van der Waals surface area contributed by atoms with Gasteiger partial charge in [-0.1, -0.05) is 24.3 Å². The lowest BCUT2D eigenvalue weighted by Crippen LogP contribution is -2.24. The molecule has 1 N–H and O–H groups in total. The van der Waals surface area contributed by atoms with Gasteiger partial charge in [-0.15, -0.1) is 10.2 Å². The topological polar surface area (TPSA) is 72.7 Å². The van der Waals surface area contributed by atoms with E-state index in [-0.39, 0.29) is 5.91 Å². The van der Waals surface area contributed by atoms with Crippen molar-refractivity contribution in [3.8, 4) is 0 Å². The molecule has 1 aromatic carbocycles. The third-order valence-electron chi connectivity index (χ3n) is 3.93. The number of benzene rings is 1. The van der Waals surface area contributed by atoms with E-state index in [4.69, 9.17) is 0 Å². The summed E-state index contributed by atoms with van der Waals surface area (Å²) < 4.78 is 2.00. The molecular formula is C19H21N5O. The number of aromatic nitrogens is 4. The molecule has 0 bridgehead atoms. The van der Waals surface area contributed by atoms with Crippen molar-refractivity contribution in [2.45, 2.75) is 26.3 Å². The number of nitrogens with zero attached hydrogens (tertiary/aromatic N) is 4. The average molecular weight is 335 g/mol. The van der Waals surface area contributed by atoms with Crippen LogP contribution in [0.25, 0.3) is 17.0 Å². The Morgan fingerprint density at radius 2 is 2.12 bits per heavy atom. The molecule has 1 amide bonds. The van der Waals surface area contributed by atoms with Crippen LogP contribution in [0, 0.1) is 0 Å². The van der Waals surface area contributed by atoms with Gasteiger partial charge in [0.05, 0.1) is 5.52 Å². The smallest absolute Gasteiger partial charge is 0.244 e. The van der Waals surface area contributed by atoms with E-state index in [9.17, 15) is 4.79 Å². The van der Waals surface area contributed by atoms with Crippen LogP contribution in [0.2, 0.25) is 0 Å². The highest BCUT2D eigenvalue weighted by atomic mass is 16.1. The van der Waals surface area contributed by atoms with E-state index in [1.54, 1.807) is 18.6 Å². The number of fused-ring (bicyclic) bond motifs is 1. The first kappa shape index (κ1) is 16.8. The van der Waals surface area contributed by atoms with E-state index < -0.39 is 0 Å². The molecule has 0 aliphatic carbocycles. The quantitative estimate of drug-likeness (QED) is 0.703. The number of rotatable bonds is 6. The summed E-state index contributed by atoms with van der Waals surface area (Å²) in [6.07, 6.45) is 7.45. The third kappa shape index (κ3) is 4.09. The summed E-state index contributed by atoms with van der Waals surface area (Å²) in [6, 6.07) is 10.1. The van der Waals surface area contributed by atoms with Crippen LogP contribution in [0.3, 0.4) is 0 Å². The van der Waals surface area contributed by atoms with Crippen molar-refractivity contribution in [2.24, 2.45) is 0 Å². The second-order valence-corrected chi connectivity index (χ2v) is 6.04. The zero-order valence-corrected chi connectivity index (χ0v) is 14.4. The Bertz CT molecular complexity index is 892. The molecule has 0 atom stereocenters. The lowest BCUT2D eigenvalue weighted by Gasteiger charge is -2.09. The van der Waals surface area contributed by atoms with Crippen LogP contribution in [0.1, 0.15) is 31.3 Å². The van der Waals surface area contributed by atoms with Crippen molar-refractivity contribution in [1.82, 2.24) is 25.1 Å². The van der Waals surface area contributed by atoms with Gasteiger partial charge in [-0.05, 0) is 26.0 Å². The molecule has 0 aliphatic rings. The van der Waals surface area contributed by atoms with Crippen LogP contribution in [-0.4, -0.2) is 32.2 Å². The maximum absolute atomic E-state index is 12.0. The molecule has 3 aromatic rings. The van der Waals surface area contributed by atoms with E-state index in [0.717, 1.165) is 22.3 Å². The molecular weight excluding hydrogens is 314 g/mol. The maximum Gasteiger partial charge on any atom is 0.244 e. The van der Waals surface area contributed by atoms with Gasteiger partial charge < -0.3 is 9.88 Å². The number of amides is 1. The Hall–Kier alpha value is -3.02. The summed E-state index contributed by atoms with van der Waals surface area (Å²) >= 11 is 0. The SMILES string of the molecule is CC(C)n1cnnc1CCNC(=O)/C=C\c1cccc2cccnc12. The molecule has 6 heteroatoms. The molecule has 0 fully saturated rings. The van der Waals surface area contributed by atoms with Crippen molar-refractivity contribution < 1.29 is 4.79 Å². The average Bonchev–Trinajstić information content (AvgIpc) is 3.09. The van der Waals surface area contributed by atoms with E-state index in [1.165, 1.54) is 6.08 Å². The summed E-state index contributed by atoms with van der Waals surface area (Å²) in [5.41, 5.74) is 1.81. The van der Waals surface area contributed by atoms with Crippen LogP contribution in [-0.2, 0) is 11.2 Å². The number of hydrogen-bond donors (Lipinski definition) is 1. The van der Waals surface area contributed by atoms with Gasteiger partial charge in [0, 0.05) is 42.2 Å². The van der Waals surface area contributed by atoms with E-state index in [1.807, 2.05) is 34.9 Å². The number of para-hydroxylation sites is 1. The molecule has 6 nitrogen and oxygen atoms in total. The zero-order valence-electron chi connectivity index (χ0n) is 14.4. The Kier molecular flexibility index (Phi) is 5.18. The van der Waals surface area contributed by atoms with Crippen LogP contribution >= 0.6 is 0 Å². The Morgan fingerprint density at radius 1 is 1.28 bits per heavy atom. The fourth-order valence-corrected chi connectivity index (χ4v) is 2.66. The van der Waals surface area contributed by atoms with Gasteiger partial charge in [0.1, 0.15) is 12.2 Å². The lowest BCUT2D eigenvalue weighted by molar-refractivity contribution is -0.116. The molecule has 0 spiro atoms. The predicted molar refractivity (Wildman–Crippen MR) is 97.9 cm³/mol. The fraction of sp³-hybridized carbons (Fsp3) is 0.263. The molecule has 0 saturated carbocycles. The van der Waals surface area contributed by atoms with Gasteiger partial charge in [-0.3, -0.25) is 9.78 Å². The molecule has 2 aromatic heterocycles. The molecule has 25 heavy (non-hydrogen) atoms. The molecule has 3 rings (SSSR count). The normalized spacial score (nSPS) is 11.5. The minimum atomic E-state index is -0.136. The summed E-state index contributed by atoms with van der Waals surface area (Å²) in [5, 5.41) is 12.0. The molecule has 2 heterocycles. The van der Waals surface area contributed by atoms with Gasteiger partial charge in [0.2, 0.25) is 5.91 Å². The van der Waals surface area contributed by atoms with Crippen LogP contribution in [0.4, 0.5) is 0 Å². The molecule has 0 saturated heterocycles. The first-order valence-corrected chi connectivity index (χ1v) is 8.33. The highest BCUT2D eigenvalue weighted by Gasteiger charge is 2.07.